The third kappa shape index (κ3) is 4.12. The maximum absolute atomic E-state index is 12.3. The fraction of sp³-hybridized carbons (Fsp3) is 0.312. The van der Waals surface area contributed by atoms with E-state index in [0.29, 0.717) is 18.8 Å². The van der Waals surface area contributed by atoms with E-state index in [-0.39, 0.29) is 24.2 Å². The molecule has 128 valence electrons. The molecule has 0 saturated carbocycles. The fourth-order valence-electron chi connectivity index (χ4n) is 2.59. The lowest BCUT2D eigenvalue weighted by Crippen LogP contribution is -2.28. The van der Waals surface area contributed by atoms with E-state index in [9.17, 15) is 9.59 Å². The Kier molecular flexibility index (Phi) is 5.94. The molecule has 1 aromatic heterocycles. The van der Waals surface area contributed by atoms with Gasteiger partial charge in [-0.15, -0.1) is 12.4 Å². The largest absolute Gasteiger partial charge is 0.347 e. The van der Waals surface area contributed by atoms with Gasteiger partial charge in [-0.25, -0.2) is 0 Å². The molecule has 3 rings (SSSR count). The number of fused-ring (bicyclic) bond motifs is 1. The molecule has 1 aliphatic rings. The van der Waals surface area contributed by atoms with Crippen LogP contribution in [0.1, 0.15) is 34.2 Å². The summed E-state index contributed by atoms with van der Waals surface area (Å²) in [5.41, 5.74) is 4.14. The number of anilines is 1. The van der Waals surface area contributed by atoms with Crippen LogP contribution in [0, 0.1) is 0 Å². The Labute approximate surface area is 146 Å². The van der Waals surface area contributed by atoms with Crippen molar-refractivity contribution in [2.75, 3.05) is 11.9 Å². The van der Waals surface area contributed by atoms with Crippen molar-refractivity contribution >= 4 is 29.9 Å². The van der Waals surface area contributed by atoms with Crippen molar-refractivity contribution in [1.82, 2.24) is 20.8 Å². The molecule has 0 saturated heterocycles. The molecule has 1 aromatic carbocycles. The Morgan fingerprint density at radius 1 is 1.25 bits per heavy atom. The summed E-state index contributed by atoms with van der Waals surface area (Å²) in [7, 11) is 0. The number of H-pyrrole nitrogens is 1. The van der Waals surface area contributed by atoms with Crippen LogP contribution in [0.5, 0.6) is 0 Å². The first-order valence-electron chi connectivity index (χ1n) is 7.55. The minimum Gasteiger partial charge on any atom is -0.347 e. The highest BCUT2D eigenvalue weighted by Gasteiger charge is 2.21. The van der Waals surface area contributed by atoms with Gasteiger partial charge in [-0.2, -0.15) is 5.10 Å². The number of hydrogen-bond donors (Lipinski definition) is 4. The summed E-state index contributed by atoms with van der Waals surface area (Å²) in [4.78, 5) is 23.3. The monoisotopic (exact) mass is 349 g/mol. The van der Waals surface area contributed by atoms with E-state index in [1.54, 1.807) is 0 Å². The van der Waals surface area contributed by atoms with Crippen molar-refractivity contribution in [2.45, 2.75) is 26.4 Å². The number of carbonyl (C=O) groups excluding carboxylic acids is 2. The Hall–Kier alpha value is -2.38. The minimum atomic E-state index is -0.183. The molecule has 0 unspecified atom stereocenters. The van der Waals surface area contributed by atoms with Crippen molar-refractivity contribution in [3.05, 3.63) is 46.8 Å². The molecule has 8 heteroatoms. The number of amides is 2. The number of nitrogens with one attached hydrogen (secondary N) is 4. The Morgan fingerprint density at radius 3 is 2.71 bits per heavy atom. The Balaban J connectivity index is 0.00000208. The molecule has 2 amide bonds. The summed E-state index contributed by atoms with van der Waals surface area (Å²) in [5.74, 6) is -0.292. The van der Waals surface area contributed by atoms with Gasteiger partial charge in [-0.3, -0.25) is 14.7 Å². The predicted molar refractivity (Wildman–Crippen MR) is 93.2 cm³/mol. The standard InChI is InChI=1S/C16H19N5O2.ClH/c1-10(22)19-12-4-2-11(3-5-12)8-18-16(23)15-13-9-17-7-6-14(13)20-21-15;/h2-5,17H,6-9H2,1H3,(H,18,23)(H,19,22)(H,20,21);1H. The number of carbonyl (C=O) groups is 2. The molecule has 0 bridgehead atoms. The van der Waals surface area contributed by atoms with Crippen LogP contribution in [0.25, 0.3) is 0 Å². The molecular weight excluding hydrogens is 330 g/mol. The van der Waals surface area contributed by atoms with Crippen LogP contribution in [0.4, 0.5) is 5.69 Å². The van der Waals surface area contributed by atoms with Gasteiger partial charge in [0.1, 0.15) is 0 Å². The van der Waals surface area contributed by atoms with Gasteiger partial charge in [0.15, 0.2) is 5.69 Å². The highest BCUT2D eigenvalue weighted by Crippen LogP contribution is 2.15. The minimum absolute atomic E-state index is 0. The zero-order valence-corrected chi connectivity index (χ0v) is 14.1. The van der Waals surface area contributed by atoms with E-state index in [2.05, 4.69) is 26.1 Å². The van der Waals surface area contributed by atoms with E-state index in [4.69, 9.17) is 0 Å². The Morgan fingerprint density at radius 2 is 2.00 bits per heavy atom. The molecule has 0 atom stereocenters. The summed E-state index contributed by atoms with van der Waals surface area (Å²) < 4.78 is 0. The van der Waals surface area contributed by atoms with Gasteiger partial charge < -0.3 is 16.0 Å². The third-order valence-electron chi connectivity index (χ3n) is 3.75. The smallest absolute Gasteiger partial charge is 0.272 e. The van der Waals surface area contributed by atoms with E-state index in [1.807, 2.05) is 24.3 Å². The molecule has 24 heavy (non-hydrogen) atoms. The number of benzene rings is 1. The quantitative estimate of drug-likeness (QED) is 0.670. The molecule has 0 aliphatic carbocycles. The van der Waals surface area contributed by atoms with Crippen molar-refractivity contribution in [1.29, 1.82) is 0 Å². The average molecular weight is 350 g/mol. The summed E-state index contributed by atoms with van der Waals surface area (Å²) in [6.45, 7) is 3.44. The second-order valence-electron chi connectivity index (χ2n) is 5.52. The summed E-state index contributed by atoms with van der Waals surface area (Å²) >= 11 is 0. The summed E-state index contributed by atoms with van der Waals surface area (Å²) in [6, 6.07) is 7.35. The molecular formula is C16H20ClN5O2. The van der Waals surface area contributed by atoms with E-state index >= 15 is 0 Å². The number of aromatic nitrogens is 2. The lowest BCUT2D eigenvalue weighted by atomic mass is 10.1. The van der Waals surface area contributed by atoms with Crippen molar-refractivity contribution in [2.24, 2.45) is 0 Å². The van der Waals surface area contributed by atoms with Crippen LogP contribution in [0.3, 0.4) is 0 Å². The molecule has 2 aromatic rings. The number of rotatable bonds is 4. The second-order valence-corrected chi connectivity index (χ2v) is 5.52. The molecule has 1 aliphatic heterocycles. The Bertz CT molecular complexity index is 727. The van der Waals surface area contributed by atoms with Crippen molar-refractivity contribution < 1.29 is 9.59 Å². The highest BCUT2D eigenvalue weighted by molar-refractivity contribution is 5.94. The fourth-order valence-corrected chi connectivity index (χ4v) is 2.59. The van der Waals surface area contributed by atoms with Crippen LogP contribution >= 0.6 is 12.4 Å². The number of halogens is 1. The maximum Gasteiger partial charge on any atom is 0.272 e. The van der Waals surface area contributed by atoms with Crippen LogP contribution in [0.15, 0.2) is 24.3 Å². The highest BCUT2D eigenvalue weighted by atomic mass is 35.5. The first-order chi connectivity index (χ1) is 11.1. The van der Waals surface area contributed by atoms with E-state index < -0.39 is 0 Å². The van der Waals surface area contributed by atoms with Gasteiger partial charge in [-0.05, 0) is 17.7 Å². The van der Waals surface area contributed by atoms with Crippen LogP contribution in [-0.2, 0) is 24.3 Å². The SMILES string of the molecule is CC(=O)Nc1ccc(CNC(=O)c2n[nH]c3c2CNCC3)cc1.Cl. The zero-order chi connectivity index (χ0) is 16.2. The normalized spacial score (nSPS) is 12.7. The number of nitrogens with zero attached hydrogens (tertiary/aromatic N) is 1. The van der Waals surface area contributed by atoms with Gasteiger partial charge in [0.05, 0.1) is 0 Å². The van der Waals surface area contributed by atoms with E-state index in [1.165, 1.54) is 6.92 Å². The molecule has 4 N–H and O–H groups in total. The van der Waals surface area contributed by atoms with Gasteiger partial charge in [0.2, 0.25) is 5.91 Å². The molecule has 0 fully saturated rings. The van der Waals surface area contributed by atoms with E-state index in [0.717, 1.165) is 35.5 Å². The topological polar surface area (TPSA) is 98.9 Å². The van der Waals surface area contributed by atoms with Crippen molar-refractivity contribution in [3.8, 4) is 0 Å². The predicted octanol–water partition coefficient (Wildman–Crippen LogP) is 1.37. The lowest BCUT2D eigenvalue weighted by Gasteiger charge is -2.13. The second kappa shape index (κ2) is 7.94. The van der Waals surface area contributed by atoms with Gasteiger partial charge in [0, 0.05) is 49.9 Å². The van der Waals surface area contributed by atoms with Crippen LogP contribution < -0.4 is 16.0 Å². The molecule has 0 radical (unpaired) electrons. The average Bonchev–Trinajstić information content (AvgIpc) is 2.97. The first kappa shape index (κ1) is 18.0. The van der Waals surface area contributed by atoms with Crippen LogP contribution in [-0.4, -0.2) is 28.6 Å². The maximum atomic E-state index is 12.3. The third-order valence-corrected chi connectivity index (χ3v) is 3.75. The zero-order valence-electron chi connectivity index (χ0n) is 13.3. The van der Waals surface area contributed by atoms with Gasteiger partial charge in [0.25, 0.3) is 5.91 Å². The number of aromatic amines is 1. The summed E-state index contributed by atoms with van der Waals surface area (Å²) in [5, 5.41) is 15.9. The first-order valence-corrected chi connectivity index (χ1v) is 7.55. The van der Waals surface area contributed by atoms with Crippen molar-refractivity contribution in [3.63, 3.8) is 0 Å². The van der Waals surface area contributed by atoms with Crippen LogP contribution in [0.2, 0.25) is 0 Å². The van der Waals surface area contributed by atoms with Gasteiger partial charge in [-0.1, -0.05) is 12.1 Å². The summed E-state index contributed by atoms with van der Waals surface area (Å²) in [6.07, 6.45) is 0.861. The van der Waals surface area contributed by atoms with Gasteiger partial charge >= 0.3 is 0 Å². The number of hydrogen-bond acceptors (Lipinski definition) is 4. The molecule has 2 heterocycles. The lowest BCUT2D eigenvalue weighted by molar-refractivity contribution is -0.114. The molecule has 7 nitrogen and oxygen atoms in total. The molecule has 0 spiro atoms.